The summed E-state index contributed by atoms with van der Waals surface area (Å²) in [5, 5.41) is 5.50. The lowest BCUT2D eigenvalue weighted by molar-refractivity contribution is -0.136. The topological polar surface area (TPSA) is 178 Å². The summed E-state index contributed by atoms with van der Waals surface area (Å²) in [5.41, 5.74) is 8.00. The highest BCUT2D eigenvalue weighted by Gasteiger charge is 2.46. The summed E-state index contributed by atoms with van der Waals surface area (Å²) in [6, 6.07) is 20.4. The first-order chi connectivity index (χ1) is 30.7. The van der Waals surface area contributed by atoms with Gasteiger partial charge in [0.25, 0.3) is 0 Å². The van der Waals surface area contributed by atoms with E-state index in [1.165, 1.54) is 19.8 Å². The summed E-state index contributed by atoms with van der Waals surface area (Å²) >= 11 is 0. The predicted molar refractivity (Wildman–Crippen MR) is 256 cm³/mol. The molecule has 16 heteroatoms. The van der Waals surface area contributed by atoms with E-state index in [9.17, 15) is 19.2 Å². The van der Waals surface area contributed by atoms with E-state index in [1.54, 1.807) is 0 Å². The minimum absolute atomic E-state index is 0.00786. The van der Waals surface area contributed by atoms with Gasteiger partial charge in [-0.3, -0.25) is 9.59 Å². The highest BCUT2D eigenvalue weighted by atomic mass is 28.3. The first-order valence-corrected chi connectivity index (χ1v) is 26.3. The molecule has 2 fully saturated rings. The number of nitrogens with zero attached hydrogens (tertiary/aromatic N) is 5. The molecule has 4 N–H and O–H groups in total. The zero-order valence-electron chi connectivity index (χ0n) is 39.9. The Morgan fingerprint density at radius 2 is 1.25 bits per heavy atom. The molecule has 2 aromatic heterocycles. The van der Waals surface area contributed by atoms with Gasteiger partial charge in [-0.25, -0.2) is 19.6 Å². The van der Waals surface area contributed by atoms with Crippen LogP contribution in [-0.2, 0) is 37.6 Å². The number of methoxy groups -OCH3 is 2. The van der Waals surface area contributed by atoms with Crippen LogP contribution in [0.2, 0.25) is 19.1 Å². The number of aromatic amines is 2. The van der Waals surface area contributed by atoms with Crippen molar-refractivity contribution < 1.29 is 28.7 Å². The standard InChI is InChI=1S/C49H67N9O6Si/c1-29(2)41(54-47(61)63-8)45(59)57-22-12-13-39(57)43-50-35-20-14-31(23-37(35)52-43)25-56(34-18-16-33(17-19-34)49(5,6)7)26-32-15-21-36-38(24-32)53-44(51-36)40-27-65(10,11)28-58(40)46(60)42(30(3)4)55-48(62)64-9/h14-21,23-24,29-30,39-42H,12-13,22,25-28H2,1-11H3,(H,50,52)(H,51,53)(H,54,61)(H,55,62)/t39-,40-,41-,42-/m0/s1. The first kappa shape index (κ1) is 47.1. The number of H-pyrrole nitrogens is 2. The van der Waals surface area contributed by atoms with Gasteiger partial charge in [0.2, 0.25) is 11.8 Å². The Morgan fingerprint density at radius 1 is 0.754 bits per heavy atom. The van der Waals surface area contributed by atoms with Crippen molar-refractivity contribution in [3.05, 3.63) is 89.0 Å². The van der Waals surface area contributed by atoms with Crippen molar-refractivity contribution in [2.45, 2.75) is 123 Å². The van der Waals surface area contributed by atoms with Gasteiger partial charge in [0, 0.05) is 31.5 Å². The van der Waals surface area contributed by atoms with Gasteiger partial charge in [-0.2, -0.15) is 0 Å². The van der Waals surface area contributed by atoms with Crippen LogP contribution in [0.3, 0.4) is 0 Å². The molecule has 0 radical (unpaired) electrons. The van der Waals surface area contributed by atoms with Crippen molar-refractivity contribution in [3.8, 4) is 0 Å². The van der Waals surface area contributed by atoms with E-state index in [2.05, 4.69) is 114 Å². The van der Waals surface area contributed by atoms with E-state index in [0.29, 0.717) is 25.8 Å². The molecule has 4 amide bonds. The van der Waals surface area contributed by atoms with Crippen LogP contribution >= 0.6 is 0 Å². The number of benzene rings is 3. The number of alkyl carbamates (subject to hydrolysis) is 2. The molecule has 4 heterocycles. The minimum atomic E-state index is -1.80. The van der Waals surface area contributed by atoms with Crippen LogP contribution in [0.25, 0.3) is 22.1 Å². The smallest absolute Gasteiger partial charge is 0.407 e. The molecular formula is C49H67N9O6Si. The van der Waals surface area contributed by atoms with Crippen molar-refractivity contribution in [1.29, 1.82) is 0 Å². The van der Waals surface area contributed by atoms with Crippen molar-refractivity contribution in [2.75, 3.05) is 31.8 Å². The first-order valence-electron chi connectivity index (χ1n) is 22.9. The second kappa shape index (κ2) is 18.9. The second-order valence-corrected chi connectivity index (χ2v) is 25.4. The van der Waals surface area contributed by atoms with Crippen molar-refractivity contribution >= 4 is 59.8 Å². The highest BCUT2D eigenvalue weighted by Crippen LogP contribution is 2.39. The maximum Gasteiger partial charge on any atom is 0.407 e. The highest BCUT2D eigenvalue weighted by molar-refractivity contribution is 6.78. The summed E-state index contributed by atoms with van der Waals surface area (Å²) in [6.45, 7) is 20.7. The minimum Gasteiger partial charge on any atom is -0.453 e. The summed E-state index contributed by atoms with van der Waals surface area (Å²) in [5.74, 6) is 0.987. The molecule has 0 aliphatic carbocycles. The fourth-order valence-electron chi connectivity index (χ4n) is 9.33. The van der Waals surface area contributed by atoms with E-state index in [-0.39, 0.29) is 41.1 Å². The Morgan fingerprint density at radius 3 is 1.72 bits per heavy atom. The molecule has 15 nitrogen and oxygen atoms in total. The number of ether oxygens (including phenoxy) is 2. The Bertz CT molecular complexity index is 2530. The van der Waals surface area contributed by atoms with Gasteiger partial charge >= 0.3 is 12.2 Å². The average Bonchev–Trinajstić information content (AvgIpc) is 4.07. The third-order valence-electron chi connectivity index (χ3n) is 12.9. The molecule has 2 saturated heterocycles. The molecule has 7 rings (SSSR count). The molecule has 0 unspecified atom stereocenters. The number of aromatic nitrogens is 4. The maximum atomic E-state index is 14.1. The van der Waals surface area contributed by atoms with Crippen LogP contribution in [-0.4, -0.2) is 101 Å². The van der Waals surface area contributed by atoms with Crippen LogP contribution in [0.5, 0.6) is 0 Å². The summed E-state index contributed by atoms with van der Waals surface area (Å²) in [7, 11) is 0.803. The zero-order chi connectivity index (χ0) is 47.0. The van der Waals surface area contributed by atoms with Gasteiger partial charge in [0.15, 0.2) is 0 Å². The molecule has 2 aliphatic rings. The number of hydrogen-bond donors (Lipinski definition) is 4. The number of rotatable bonds is 13. The number of carbonyl (C=O) groups is 4. The van der Waals surface area contributed by atoms with E-state index < -0.39 is 32.3 Å². The Balaban J connectivity index is 1.15. The molecule has 4 atom stereocenters. The van der Waals surface area contributed by atoms with Crippen LogP contribution in [0.4, 0.5) is 15.3 Å². The monoisotopic (exact) mass is 905 g/mol. The SMILES string of the molecule is COC(=O)N[C@H](C(=O)N1CCC[C@H]1c1nc2ccc(CN(Cc3ccc4nc([C@@H]5C[Si](C)(C)CN5C(=O)[C@@H](NC(=O)OC)C(C)C)[nH]c4c3)c3ccc(C(C)(C)C)cc3)cc2[nH]1)C(C)C. The Kier molecular flexibility index (Phi) is 13.7. The number of fused-ring (bicyclic) bond motifs is 2. The predicted octanol–water partition coefficient (Wildman–Crippen LogP) is 8.50. The van der Waals surface area contributed by atoms with Crippen molar-refractivity contribution in [2.24, 2.45) is 11.8 Å². The molecule has 0 spiro atoms. The summed E-state index contributed by atoms with van der Waals surface area (Å²) < 4.78 is 9.68. The van der Waals surface area contributed by atoms with Crippen LogP contribution in [0.1, 0.15) is 102 Å². The molecule has 2 aliphatic heterocycles. The fourth-order valence-corrected chi connectivity index (χ4v) is 12.2. The van der Waals surface area contributed by atoms with E-state index in [4.69, 9.17) is 19.4 Å². The van der Waals surface area contributed by atoms with Gasteiger partial charge in [-0.15, -0.1) is 0 Å². The lowest BCUT2D eigenvalue weighted by Gasteiger charge is -2.30. The second-order valence-electron chi connectivity index (χ2n) is 20.4. The molecule has 0 bridgehead atoms. The molecule has 0 saturated carbocycles. The van der Waals surface area contributed by atoms with E-state index >= 15 is 0 Å². The summed E-state index contributed by atoms with van der Waals surface area (Å²) in [4.78, 5) is 75.6. The lowest BCUT2D eigenvalue weighted by Crippen LogP contribution is -2.52. The van der Waals surface area contributed by atoms with Gasteiger partial charge < -0.3 is 44.8 Å². The van der Waals surface area contributed by atoms with Gasteiger partial charge in [0.1, 0.15) is 23.7 Å². The molecule has 5 aromatic rings. The average molecular weight is 906 g/mol. The number of imidazole rings is 2. The third-order valence-corrected chi connectivity index (χ3v) is 15.6. The Hall–Kier alpha value is -5.90. The largest absolute Gasteiger partial charge is 0.453 e. The fraction of sp³-hybridized carbons (Fsp3) is 0.510. The molecule has 65 heavy (non-hydrogen) atoms. The quantitative estimate of drug-likeness (QED) is 0.0844. The van der Waals surface area contributed by atoms with Crippen LogP contribution in [0.15, 0.2) is 60.7 Å². The number of likely N-dealkylation sites (tertiary alicyclic amines) is 1. The van der Waals surface area contributed by atoms with Crippen molar-refractivity contribution in [1.82, 2.24) is 40.4 Å². The third kappa shape index (κ3) is 10.5. The normalized spacial score (nSPS) is 18.4. The van der Waals surface area contributed by atoms with E-state index in [1.807, 2.05) is 43.6 Å². The number of nitrogens with one attached hydrogen (secondary N) is 4. The van der Waals surface area contributed by atoms with Crippen LogP contribution in [0, 0.1) is 11.8 Å². The molecule has 3 aromatic carbocycles. The number of amides is 4. The summed E-state index contributed by atoms with van der Waals surface area (Å²) in [6.07, 6.45) is 1.03. The number of hydrogen-bond acceptors (Lipinski definition) is 9. The number of anilines is 1. The van der Waals surface area contributed by atoms with Crippen molar-refractivity contribution in [3.63, 3.8) is 0 Å². The van der Waals surface area contributed by atoms with E-state index in [0.717, 1.165) is 69.4 Å². The maximum absolute atomic E-state index is 14.1. The Labute approximate surface area is 383 Å². The lowest BCUT2D eigenvalue weighted by atomic mass is 9.87. The zero-order valence-corrected chi connectivity index (χ0v) is 40.9. The molecular weight excluding hydrogens is 839 g/mol. The van der Waals surface area contributed by atoms with Crippen LogP contribution < -0.4 is 15.5 Å². The van der Waals surface area contributed by atoms with Gasteiger partial charge in [0.05, 0.1) is 56.4 Å². The van der Waals surface area contributed by atoms with Gasteiger partial charge in [-0.05, 0) is 89.2 Å². The molecule has 348 valence electrons. The van der Waals surface area contributed by atoms with Gasteiger partial charge in [-0.1, -0.05) is 85.8 Å². The number of carbonyl (C=O) groups excluding carboxylic acids is 4.